The number of aromatic nitrogens is 5. The van der Waals surface area contributed by atoms with Crippen LogP contribution in [0.3, 0.4) is 0 Å². The molecule has 7 heteroatoms. The number of para-hydroxylation sites is 2. The van der Waals surface area contributed by atoms with E-state index in [4.69, 9.17) is 24.9 Å². The minimum Gasteiger partial charge on any atom is -0.237 e. The Morgan fingerprint density at radius 3 is 1.43 bits per heavy atom. The molecular formula is C35H21N5S2. The summed E-state index contributed by atoms with van der Waals surface area (Å²) < 4.78 is 0. The van der Waals surface area contributed by atoms with Gasteiger partial charge in [-0.05, 0) is 41.5 Å². The fraction of sp³-hybridized carbons (Fsp3) is 0. The molecule has 0 radical (unpaired) electrons. The predicted molar refractivity (Wildman–Crippen MR) is 169 cm³/mol. The number of hydrogen-bond donors (Lipinski definition) is 0. The normalized spacial score (nSPS) is 12.1. The Labute approximate surface area is 251 Å². The summed E-state index contributed by atoms with van der Waals surface area (Å²) in [6.07, 6.45) is 0. The maximum Gasteiger partial charge on any atom is 0.164 e. The highest BCUT2D eigenvalue weighted by Gasteiger charge is 2.21. The Bertz CT molecular complexity index is 2040. The van der Waals surface area contributed by atoms with E-state index in [-0.39, 0.29) is 0 Å². The molecule has 8 rings (SSSR count). The molecule has 0 unspecified atom stereocenters. The van der Waals surface area contributed by atoms with E-state index < -0.39 is 0 Å². The zero-order valence-electron chi connectivity index (χ0n) is 22.2. The van der Waals surface area contributed by atoms with Crippen molar-refractivity contribution in [1.82, 2.24) is 24.9 Å². The minimum atomic E-state index is 0.642. The van der Waals surface area contributed by atoms with Crippen molar-refractivity contribution in [1.29, 1.82) is 0 Å². The van der Waals surface area contributed by atoms with Crippen LogP contribution in [0.15, 0.2) is 147 Å². The molecular weight excluding hydrogens is 555 g/mol. The average molecular weight is 576 g/mol. The minimum absolute atomic E-state index is 0.642. The molecule has 0 bridgehead atoms. The van der Waals surface area contributed by atoms with E-state index in [9.17, 15) is 0 Å². The Hall–Kier alpha value is -4.85. The fourth-order valence-electron chi connectivity index (χ4n) is 4.94. The largest absolute Gasteiger partial charge is 0.237 e. The molecule has 198 valence electrons. The van der Waals surface area contributed by atoms with Crippen LogP contribution < -0.4 is 0 Å². The van der Waals surface area contributed by atoms with Gasteiger partial charge in [0, 0.05) is 26.5 Å². The third kappa shape index (κ3) is 4.72. The Kier molecular flexibility index (Phi) is 6.24. The lowest BCUT2D eigenvalue weighted by atomic mass is 10.0. The molecule has 3 heterocycles. The first kappa shape index (κ1) is 24.9. The standard InChI is InChI=1S/C35H21N5S2/c1-3-10-22(11-4-1)31-38-32(23-12-5-2-6-13-23)40-33(39-31)26-15-9-14-24(20-26)25-18-19-29-30(21-25)42-35-34(41-29)36-27-16-7-8-17-28(27)37-35/h1-21H. The molecule has 0 atom stereocenters. The van der Waals surface area contributed by atoms with Gasteiger partial charge in [-0.3, -0.25) is 0 Å². The summed E-state index contributed by atoms with van der Waals surface area (Å²) in [5.41, 5.74) is 6.90. The quantitative estimate of drug-likeness (QED) is 0.207. The lowest BCUT2D eigenvalue weighted by Crippen LogP contribution is -2.00. The molecule has 1 aliphatic rings. The monoisotopic (exact) mass is 575 g/mol. The number of nitrogens with zero attached hydrogens (tertiary/aromatic N) is 5. The fourth-order valence-corrected chi connectivity index (χ4v) is 7.06. The van der Waals surface area contributed by atoms with Crippen molar-refractivity contribution in [2.75, 3.05) is 0 Å². The van der Waals surface area contributed by atoms with Crippen molar-refractivity contribution >= 4 is 34.6 Å². The third-order valence-corrected chi connectivity index (χ3v) is 9.37. The molecule has 0 fully saturated rings. The van der Waals surface area contributed by atoms with Gasteiger partial charge in [0.15, 0.2) is 17.5 Å². The lowest BCUT2D eigenvalue weighted by Gasteiger charge is -2.18. The van der Waals surface area contributed by atoms with Crippen molar-refractivity contribution in [3.05, 3.63) is 127 Å². The summed E-state index contributed by atoms with van der Waals surface area (Å²) >= 11 is 3.36. The molecule has 5 nitrogen and oxygen atoms in total. The van der Waals surface area contributed by atoms with Crippen LogP contribution in [0.1, 0.15) is 0 Å². The highest BCUT2D eigenvalue weighted by molar-refractivity contribution is 8.05. The van der Waals surface area contributed by atoms with Crippen LogP contribution in [0.2, 0.25) is 0 Å². The molecule has 7 aromatic rings. The third-order valence-electron chi connectivity index (χ3n) is 7.02. The zero-order valence-corrected chi connectivity index (χ0v) is 23.8. The molecule has 2 aromatic heterocycles. The van der Waals surface area contributed by atoms with E-state index in [1.54, 1.807) is 23.5 Å². The first-order chi connectivity index (χ1) is 20.8. The van der Waals surface area contributed by atoms with Crippen molar-refractivity contribution in [3.8, 4) is 45.3 Å². The van der Waals surface area contributed by atoms with E-state index in [2.05, 4.69) is 42.5 Å². The van der Waals surface area contributed by atoms with Gasteiger partial charge >= 0.3 is 0 Å². The van der Waals surface area contributed by atoms with Crippen LogP contribution in [0, 0.1) is 0 Å². The van der Waals surface area contributed by atoms with Crippen LogP contribution in [-0.4, -0.2) is 24.9 Å². The Morgan fingerprint density at radius 1 is 0.333 bits per heavy atom. The van der Waals surface area contributed by atoms with Crippen LogP contribution in [-0.2, 0) is 0 Å². The summed E-state index contributed by atoms with van der Waals surface area (Å²) in [7, 11) is 0. The number of rotatable bonds is 4. The average Bonchev–Trinajstić information content (AvgIpc) is 3.07. The second-order valence-electron chi connectivity index (χ2n) is 9.81. The van der Waals surface area contributed by atoms with Gasteiger partial charge in [0.2, 0.25) is 0 Å². The summed E-state index contributed by atoms with van der Waals surface area (Å²) in [4.78, 5) is 26.8. The molecule has 0 aliphatic carbocycles. The molecule has 42 heavy (non-hydrogen) atoms. The van der Waals surface area contributed by atoms with Crippen molar-refractivity contribution in [3.63, 3.8) is 0 Å². The van der Waals surface area contributed by atoms with Crippen molar-refractivity contribution < 1.29 is 0 Å². The van der Waals surface area contributed by atoms with Gasteiger partial charge in [-0.2, -0.15) is 0 Å². The van der Waals surface area contributed by atoms with Crippen LogP contribution >= 0.6 is 23.5 Å². The highest BCUT2D eigenvalue weighted by Crippen LogP contribution is 2.48. The molecule has 0 N–H and O–H groups in total. The molecule has 5 aromatic carbocycles. The second kappa shape index (κ2) is 10.5. The van der Waals surface area contributed by atoms with E-state index in [1.807, 2.05) is 84.9 Å². The maximum absolute atomic E-state index is 4.91. The Morgan fingerprint density at radius 2 is 0.810 bits per heavy atom. The molecule has 0 saturated carbocycles. The van der Waals surface area contributed by atoms with Crippen LogP contribution in [0.25, 0.3) is 56.3 Å². The van der Waals surface area contributed by atoms with Gasteiger partial charge in [-0.25, -0.2) is 24.9 Å². The first-order valence-corrected chi connectivity index (χ1v) is 15.1. The Balaban J connectivity index is 1.18. The first-order valence-electron chi connectivity index (χ1n) is 13.5. The summed E-state index contributed by atoms with van der Waals surface area (Å²) in [5, 5.41) is 1.91. The maximum atomic E-state index is 4.91. The van der Waals surface area contributed by atoms with E-state index in [0.29, 0.717) is 17.5 Å². The van der Waals surface area contributed by atoms with E-state index >= 15 is 0 Å². The number of benzene rings is 5. The van der Waals surface area contributed by atoms with E-state index in [1.165, 1.54) is 9.79 Å². The van der Waals surface area contributed by atoms with Gasteiger partial charge < -0.3 is 0 Å². The molecule has 0 amide bonds. The topological polar surface area (TPSA) is 64.5 Å². The zero-order chi connectivity index (χ0) is 27.9. The van der Waals surface area contributed by atoms with Crippen molar-refractivity contribution in [2.24, 2.45) is 0 Å². The van der Waals surface area contributed by atoms with Gasteiger partial charge in [0.25, 0.3) is 0 Å². The number of hydrogen-bond acceptors (Lipinski definition) is 7. The molecule has 1 aliphatic heterocycles. The van der Waals surface area contributed by atoms with Gasteiger partial charge in [0.05, 0.1) is 11.0 Å². The van der Waals surface area contributed by atoms with Crippen molar-refractivity contribution in [2.45, 2.75) is 19.8 Å². The van der Waals surface area contributed by atoms with Crippen LogP contribution in [0.5, 0.6) is 0 Å². The van der Waals surface area contributed by atoms with Gasteiger partial charge in [0.1, 0.15) is 10.1 Å². The van der Waals surface area contributed by atoms with Gasteiger partial charge in [-0.1, -0.05) is 121 Å². The summed E-state index contributed by atoms with van der Waals surface area (Å²) in [5.74, 6) is 1.95. The smallest absolute Gasteiger partial charge is 0.164 e. The van der Waals surface area contributed by atoms with Gasteiger partial charge in [-0.15, -0.1) is 0 Å². The SMILES string of the molecule is c1ccc(-c2nc(-c3ccccc3)nc(-c3cccc(-c4ccc5c(c4)Sc4nc6ccccc6nc4S5)c3)n2)cc1. The number of fused-ring (bicyclic) bond motifs is 3. The molecule has 0 saturated heterocycles. The second-order valence-corrected chi connectivity index (χ2v) is 11.9. The molecule has 0 spiro atoms. The summed E-state index contributed by atoms with van der Waals surface area (Å²) in [6.45, 7) is 0. The van der Waals surface area contributed by atoms with Crippen LogP contribution in [0.4, 0.5) is 0 Å². The summed E-state index contributed by atoms with van der Waals surface area (Å²) in [6, 6.07) is 43.1. The highest BCUT2D eigenvalue weighted by atomic mass is 32.2. The lowest BCUT2D eigenvalue weighted by molar-refractivity contribution is 0.953. The predicted octanol–water partition coefficient (Wildman–Crippen LogP) is 9.10. The van der Waals surface area contributed by atoms with E-state index in [0.717, 1.165) is 48.9 Å².